The van der Waals surface area contributed by atoms with Gasteiger partial charge in [0, 0.05) is 18.3 Å². The smallest absolute Gasteiger partial charge is 0.263 e. The molecule has 7 nitrogen and oxygen atoms in total. The maximum atomic E-state index is 13.5. The SMILES string of the molecule is NS(=O)(=O)c1ccccc1-c1cccc(CNC(=O)c2cccn(Cc3ccc(F)c(F)c3)c2=O)c1. The zero-order valence-corrected chi connectivity index (χ0v) is 19.6. The summed E-state index contributed by atoms with van der Waals surface area (Å²) in [6.45, 7) is 0.0321. The van der Waals surface area contributed by atoms with Crippen LogP contribution in [0.3, 0.4) is 0 Å². The Labute approximate surface area is 205 Å². The number of carbonyl (C=O) groups excluding carboxylic acids is 1. The fraction of sp³-hybridized carbons (Fsp3) is 0.0769. The number of carbonyl (C=O) groups is 1. The quantitative estimate of drug-likeness (QED) is 0.398. The van der Waals surface area contributed by atoms with Crippen molar-refractivity contribution in [1.82, 2.24) is 9.88 Å². The number of benzene rings is 3. The minimum absolute atomic E-state index is 0.0166. The highest BCUT2D eigenvalue weighted by Crippen LogP contribution is 2.27. The van der Waals surface area contributed by atoms with E-state index in [2.05, 4.69) is 5.32 Å². The summed E-state index contributed by atoms with van der Waals surface area (Å²) in [6.07, 6.45) is 1.45. The molecule has 0 aliphatic heterocycles. The summed E-state index contributed by atoms with van der Waals surface area (Å²) in [6, 6.07) is 19.4. The second-order valence-corrected chi connectivity index (χ2v) is 9.56. The molecule has 0 aliphatic carbocycles. The number of pyridine rings is 1. The predicted molar refractivity (Wildman–Crippen MR) is 131 cm³/mol. The molecule has 0 bridgehead atoms. The van der Waals surface area contributed by atoms with Crippen LogP contribution in [0.2, 0.25) is 0 Å². The lowest BCUT2D eigenvalue weighted by Gasteiger charge is -2.11. The van der Waals surface area contributed by atoms with Crippen LogP contribution in [0.5, 0.6) is 0 Å². The number of nitrogens with two attached hydrogens (primary N) is 1. The van der Waals surface area contributed by atoms with E-state index in [1.165, 1.54) is 35.0 Å². The number of rotatable bonds is 7. The number of nitrogens with zero attached hydrogens (tertiary/aromatic N) is 1. The van der Waals surface area contributed by atoms with Gasteiger partial charge in [-0.3, -0.25) is 9.59 Å². The maximum Gasteiger partial charge on any atom is 0.263 e. The second-order valence-electron chi connectivity index (χ2n) is 8.03. The van der Waals surface area contributed by atoms with Crippen molar-refractivity contribution in [3.05, 3.63) is 124 Å². The first kappa shape index (κ1) is 25.0. The summed E-state index contributed by atoms with van der Waals surface area (Å²) in [7, 11) is -3.94. The van der Waals surface area contributed by atoms with Crippen molar-refractivity contribution in [1.29, 1.82) is 0 Å². The predicted octanol–water partition coefficient (Wildman–Crippen LogP) is 3.42. The summed E-state index contributed by atoms with van der Waals surface area (Å²) >= 11 is 0. The van der Waals surface area contributed by atoms with Crippen molar-refractivity contribution in [2.75, 3.05) is 0 Å². The lowest BCUT2D eigenvalue weighted by Crippen LogP contribution is -2.32. The van der Waals surface area contributed by atoms with Crippen LogP contribution in [0.4, 0.5) is 8.78 Å². The molecule has 10 heteroatoms. The van der Waals surface area contributed by atoms with Crippen molar-refractivity contribution >= 4 is 15.9 Å². The third-order valence-electron chi connectivity index (χ3n) is 5.49. The van der Waals surface area contributed by atoms with Gasteiger partial charge in [-0.2, -0.15) is 0 Å². The molecule has 4 aromatic rings. The Morgan fingerprint density at radius 3 is 2.42 bits per heavy atom. The van der Waals surface area contributed by atoms with Crippen LogP contribution in [-0.2, 0) is 23.1 Å². The lowest BCUT2D eigenvalue weighted by atomic mass is 10.0. The monoisotopic (exact) mass is 509 g/mol. The highest BCUT2D eigenvalue weighted by Gasteiger charge is 2.16. The lowest BCUT2D eigenvalue weighted by molar-refractivity contribution is 0.0948. The molecule has 36 heavy (non-hydrogen) atoms. The van der Waals surface area contributed by atoms with Gasteiger partial charge in [-0.05, 0) is 53.1 Å². The highest BCUT2D eigenvalue weighted by molar-refractivity contribution is 7.89. The van der Waals surface area contributed by atoms with Gasteiger partial charge in [0.15, 0.2) is 11.6 Å². The fourth-order valence-corrected chi connectivity index (χ4v) is 4.51. The van der Waals surface area contributed by atoms with Crippen LogP contribution < -0.4 is 16.0 Å². The van der Waals surface area contributed by atoms with Gasteiger partial charge in [-0.1, -0.05) is 42.5 Å². The Morgan fingerprint density at radius 2 is 1.67 bits per heavy atom. The molecule has 1 aromatic heterocycles. The number of hydrogen-bond donors (Lipinski definition) is 2. The van der Waals surface area contributed by atoms with Gasteiger partial charge in [-0.15, -0.1) is 0 Å². The zero-order valence-electron chi connectivity index (χ0n) is 18.8. The topological polar surface area (TPSA) is 111 Å². The molecule has 0 unspecified atom stereocenters. The second kappa shape index (κ2) is 10.2. The minimum atomic E-state index is -3.94. The first-order chi connectivity index (χ1) is 17.1. The van der Waals surface area contributed by atoms with Crippen molar-refractivity contribution < 1.29 is 22.0 Å². The number of primary sulfonamides is 1. The average molecular weight is 510 g/mol. The van der Waals surface area contributed by atoms with E-state index in [4.69, 9.17) is 5.14 Å². The Kier molecular flexibility index (Phi) is 7.09. The summed E-state index contributed by atoms with van der Waals surface area (Å²) < 4.78 is 51.8. The molecule has 0 aliphatic rings. The molecule has 3 N–H and O–H groups in total. The number of halogens is 2. The molecule has 1 heterocycles. The molecule has 184 valence electrons. The number of nitrogens with one attached hydrogen (secondary N) is 1. The van der Waals surface area contributed by atoms with E-state index >= 15 is 0 Å². The van der Waals surface area contributed by atoms with E-state index in [0.29, 0.717) is 22.3 Å². The van der Waals surface area contributed by atoms with Gasteiger partial charge in [0.1, 0.15) is 5.56 Å². The Bertz CT molecular complexity index is 1620. The molecule has 1 amide bonds. The Balaban J connectivity index is 1.52. The van der Waals surface area contributed by atoms with Crippen LogP contribution in [0.25, 0.3) is 11.1 Å². The molecule has 3 aromatic carbocycles. The number of sulfonamides is 1. The van der Waals surface area contributed by atoms with Crippen molar-refractivity contribution in [2.45, 2.75) is 18.0 Å². The van der Waals surface area contributed by atoms with Crippen LogP contribution in [0, 0.1) is 11.6 Å². The number of aromatic nitrogens is 1. The molecule has 0 fully saturated rings. The molecular formula is C26H21F2N3O4S. The fourth-order valence-electron chi connectivity index (χ4n) is 3.75. The van der Waals surface area contributed by atoms with Gasteiger partial charge in [0.2, 0.25) is 10.0 Å². The summed E-state index contributed by atoms with van der Waals surface area (Å²) in [4.78, 5) is 25.6. The van der Waals surface area contributed by atoms with Gasteiger partial charge in [0.05, 0.1) is 11.4 Å². The van der Waals surface area contributed by atoms with E-state index < -0.39 is 33.1 Å². The van der Waals surface area contributed by atoms with Gasteiger partial charge < -0.3 is 9.88 Å². The van der Waals surface area contributed by atoms with Crippen LogP contribution in [-0.4, -0.2) is 18.9 Å². The van der Waals surface area contributed by atoms with Gasteiger partial charge in [0.25, 0.3) is 11.5 Å². The maximum absolute atomic E-state index is 13.5. The molecule has 0 saturated heterocycles. The summed E-state index contributed by atoms with van der Waals surface area (Å²) in [5.74, 6) is -2.63. The van der Waals surface area contributed by atoms with E-state index in [1.807, 2.05) is 0 Å². The third-order valence-corrected chi connectivity index (χ3v) is 6.46. The van der Waals surface area contributed by atoms with Gasteiger partial charge in [-0.25, -0.2) is 22.3 Å². The summed E-state index contributed by atoms with van der Waals surface area (Å²) in [5, 5.41) is 8.02. The van der Waals surface area contributed by atoms with Crippen molar-refractivity contribution in [3.8, 4) is 11.1 Å². The Morgan fingerprint density at radius 1 is 0.889 bits per heavy atom. The summed E-state index contributed by atoms with van der Waals surface area (Å²) in [5.41, 5.74) is 1.36. The van der Waals surface area contributed by atoms with E-state index in [1.54, 1.807) is 42.5 Å². The molecule has 0 atom stereocenters. The van der Waals surface area contributed by atoms with E-state index in [-0.39, 0.29) is 23.5 Å². The average Bonchev–Trinajstić information content (AvgIpc) is 2.86. The number of hydrogen-bond acceptors (Lipinski definition) is 4. The van der Waals surface area contributed by atoms with Gasteiger partial charge >= 0.3 is 0 Å². The molecule has 0 spiro atoms. The molecule has 0 radical (unpaired) electrons. The number of amides is 1. The largest absolute Gasteiger partial charge is 0.348 e. The standard InChI is InChI=1S/C26H21F2N3O4S/c27-22-11-10-18(14-23(22)28)16-31-12-4-8-21(26(31)33)25(32)30-15-17-5-3-6-19(13-17)20-7-1-2-9-24(20)36(29,34)35/h1-14H,15-16H2,(H,30,32)(H2,29,34,35). The molecular weight excluding hydrogens is 488 g/mol. The van der Waals surface area contributed by atoms with Crippen LogP contribution in [0.15, 0.2) is 94.7 Å². The van der Waals surface area contributed by atoms with Crippen molar-refractivity contribution in [3.63, 3.8) is 0 Å². The zero-order chi connectivity index (χ0) is 25.9. The van der Waals surface area contributed by atoms with E-state index in [0.717, 1.165) is 12.1 Å². The van der Waals surface area contributed by atoms with Crippen LogP contribution in [0.1, 0.15) is 21.5 Å². The minimum Gasteiger partial charge on any atom is -0.348 e. The molecule has 0 saturated carbocycles. The Hall–Kier alpha value is -4.15. The molecule has 4 rings (SSSR count). The normalized spacial score (nSPS) is 11.3. The van der Waals surface area contributed by atoms with Crippen LogP contribution >= 0.6 is 0 Å². The van der Waals surface area contributed by atoms with E-state index in [9.17, 15) is 26.8 Å². The first-order valence-electron chi connectivity index (χ1n) is 10.8. The first-order valence-corrected chi connectivity index (χ1v) is 12.3. The highest BCUT2D eigenvalue weighted by atomic mass is 32.2. The third kappa shape index (κ3) is 5.56. The van der Waals surface area contributed by atoms with Crippen molar-refractivity contribution in [2.24, 2.45) is 5.14 Å².